The Morgan fingerprint density at radius 1 is 1.35 bits per heavy atom. The van der Waals surface area contributed by atoms with Gasteiger partial charge in [0.2, 0.25) is 0 Å². The minimum absolute atomic E-state index is 0.377. The average molecular weight is 257 g/mol. The summed E-state index contributed by atoms with van der Waals surface area (Å²) < 4.78 is 11.3. The second-order valence-electron chi connectivity index (χ2n) is 4.09. The average Bonchev–Trinajstić information content (AvgIpc) is 2.40. The Morgan fingerprint density at radius 3 is 2.53 bits per heavy atom. The molecule has 2 rings (SSSR count). The number of ether oxygens (including phenoxy) is 2. The van der Waals surface area contributed by atoms with Crippen LogP contribution in [0.4, 0.5) is 0 Å². The molecule has 1 saturated heterocycles. The molecule has 0 radical (unpaired) electrons. The number of hydrogen-bond acceptors (Lipinski definition) is 4. The Morgan fingerprint density at radius 2 is 2.00 bits per heavy atom. The second kappa shape index (κ2) is 5.76. The summed E-state index contributed by atoms with van der Waals surface area (Å²) in [7, 11) is 0. The van der Waals surface area contributed by atoms with Gasteiger partial charge in [-0.05, 0) is 6.92 Å². The number of alkyl halides is 1. The molecule has 0 atom stereocenters. The lowest BCUT2D eigenvalue weighted by Crippen LogP contribution is -2.38. The molecule has 4 nitrogen and oxygen atoms in total. The zero-order chi connectivity index (χ0) is 12.1. The summed E-state index contributed by atoms with van der Waals surface area (Å²) in [5.41, 5.74) is 0.548. The van der Waals surface area contributed by atoms with Gasteiger partial charge in [0, 0.05) is 50.6 Å². The van der Waals surface area contributed by atoms with Gasteiger partial charge in [0.15, 0.2) is 5.82 Å². The summed E-state index contributed by atoms with van der Waals surface area (Å²) in [6.45, 7) is 4.03. The van der Waals surface area contributed by atoms with Crippen LogP contribution in [-0.4, -0.2) is 29.8 Å². The van der Waals surface area contributed by atoms with Crippen LogP contribution in [0, 0.1) is 0 Å². The van der Waals surface area contributed by atoms with Gasteiger partial charge in [-0.2, -0.15) is 0 Å². The number of nitrogens with zero attached hydrogens (tertiary/aromatic N) is 2. The Kier molecular flexibility index (Phi) is 4.31. The van der Waals surface area contributed by atoms with Crippen LogP contribution in [0.2, 0.25) is 0 Å². The van der Waals surface area contributed by atoms with E-state index in [9.17, 15) is 0 Å². The van der Waals surface area contributed by atoms with Crippen LogP contribution in [0.15, 0.2) is 12.4 Å². The third-order valence-corrected chi connectivity index (χ3v) is 3.30. The largest absolute Gasteiger partial charge is 0.381 e. The Balaban J connectivity index is 2.24. The molecular weight excluding hydrogens is 240 g/mol. The molecule has 0 unspecified atom stereocenters. The van der Waals surface area contributed by atoms with Crippen molar-refractivity contribution in [3.8, 4) is 0 Å². The standard InChI is InChI=1S/C12H17ClN2O2/c1-2-17-12(3-5-16-6-4-12)11-14-8-10(7-13)9-15-11/h8-9H,2-7H2,1H3. The molecule has 5 heteroatoms. The maximum absolute atomic E-state index is 5.89. The van der Waals surface area contributed by atoms with Gasteiger partial charge < -0.3 is 9.47 Å². The van der Waals surface area contributed by atoms with E-state index in [4.69, 9.17) is 21.1 Å². The molecule has 94 valence electrons. The molecule has 2 heterocycles. The Labute approximate surface area is 106 Å². The maximum atomic E-state index is 5.89. The molecule has 0 amide bonds. The smallest absolute Gasteiger partial charge is 0.160 e. The topological polar surface area (TPSA) is 44.2 Å². The van der Waals surface area contributed by atoms with Crippen molar-refractivity contribution in [3.05, 3.63) is 23.8 Å². The van der Waals surface area contributed by atoms with E-state index in [0.717, 1.165) is 24.2 Å². The van der Waals surface area contributed by atoms with E-state index < -0.39 is 0 Å². The fourth-order valence-electron chi connectivity index (χ4n) is 2.07. The molecule has 0 aliphatic carbocycles. The zero-order valence-electron chi connectivity index (χ0n) is 9.99. The van der Waals surface area contributed by atoms with Crippen molar-refractivity contribution in [2.75, 3.05) is 19.8 Å². The van der Waals surface area contributed by atoms with Gasteiger partial charge in [-0.25, -0.2) is 9.97 Å². The summed E-state index contributed by atoms with van der Waals surface area (Å²) in [5, 5.41) is 0. The monoisotopic (exact) mass is 256 g/mol. The first kappa shape index (κ1) is 12.7. The lowest BCUT2D eigenvalue weighted by atomic mass is 9.93. The Hall–Kier alpha value is -0.710. The van der Waals surface area contributed by atoms with E-state index in [2.05, 4.69) is 9.97 Å². The predicted molar refractivity (Wildman–Crippen MR) is 64.9 cm³/mol. The molecule has 17 heavy (non-hydrogen) atoms. The van der Waals surface area contributed by atoms with Gasteiger partial charge in [-0.3, -0.25) is 0 Å². The zero-order valence-corrected chi connectivity index (χ0v) is 10.7. The summed E-state index contributed by atoms with van der Waals surface area (Å²) in [6.07, 6.45) is 5.15. The second-order valence-corrected chi connectivity index (χ2v) is 4.36. The van der Waals surface area contributed by atoms with Crippen LogP contribution in [0.1, 0.15) is 31.2 Å². The van der Waals surface area contributed by atoms with E-state index in [1.54, 1.807) is 12.4 Å². The summed E-state index contributed by atoms with van der Waals surface area (Å²) in [4.78, 5) is 8.78. The van der Waals surface area contributed by atoms with Crippen LogP contribution in [0.3, 0.4) is 0 Å². The third-order valence-electron chi connectivity index (χ3n) is 2.99. The molecule has 0 spiro atoms. The van der Waals surface area contributed by atoms with Crippen LogP contribution in [0.25, 0.3) is 0 Å². The lowest BCUT2D eigenvalue weighted by Gasteiger charge is -2.35. The molecule has 1 aromatic rings. The van der Waals surface area contributed by atoms with Crippen molar-refractivity contribution in [1.29, 1.82) is 0 Å². The van der Waals surface area contributed by atoms with Gasteiger partial charge in [-0.1, -0.05) is 0 Å². The molecule has 0 aromatic carbocycles. The van der Waals surface area contributed by atoms with E-state index in [1.165, 1.54) is 0 Å². The third kappa shape index (κ3) is 2.76. The van der Waals surface area contributed by atoms with E-state index in [0.29, 0.717) is 25.7 Å². The van der Waals surface area contributed by atoms with E-state index in [1.807, 2.05) is 6.92 Å². The van der Waals surface area contributed by atoms with Gasteiger partial charge in [0.05, 0.1) is 5.88 Å². The van der Waals surface area contributed by atoms with Gasteiger partial charge >= 0.3 is 0 Å². The van der Waals surface area contributed by atoms with Crippen LogP contribution in [-0.2, 0) is 21.0 Å². The number of rotatable bonds is 4. The first-order valence-corrected chi connectivity index (χ1v) is 6.43. The van der Waals surface area contributed by atoms with Crippen LogP contribution < -0.4 is 0 Å². The van der Waals surface area contributed by atoms with Crippen molar-refractivity contribution in [1.82, 2.24) is 9.97 Å². The molecule has 1 fully saturated rings. The Bertz CT molecular complexity index is 345. The highest BCUT2D eigenvalue weighted by atomic mass is 35.5. The SMILES string of the molecule is CCOC1(c2ncc(CCl)cn2)CCOCC1. The van der Waals surface area contributed by atoms with Crippen molar-refractivity contribution in [3.63, 3.8) is 0 Å². The molecular formula is C12H17ClN2O2. The van der Waals surface area contributed by atoms with Crippen molar-refractivity contribution >= 4 is 11.6 Å². The lowest BCUT2D eigenvalue weighted by molar-refractivity contribution is -0.117. The van der Waals surface area contributed by atoms with E-state index in [-0.39, 0.29) is 5.60 Å². The number of halogens is 1. The van der Waals surface area contributed by atoms with Crippen molar-refractivity contribution in [2.24, 2.45) is 0 Å². The van der Waals surface area contributed by atoms with Gasteiger partial charge in [0.1, 0.15) is 5.60 Å². The number of aromatic nitrogens is 2. The summed E-state index contributed by atoms with van der Waals surface area (Å²) in [5.74, 6) is 1.18. The van der Waals surface area contributed by atoms with Crippen LogP contribution >= 0.6 is 11.6 Å². The minimum atomic E-state index is -0.377. The molecule has 1 aliphatic rings. The summed E-state index contributed by atoms with van der Waals surface area (Å²) >= 11 is 5.73. The maximum Gasteiger partial charge on any atom is 0.160 e. The summed E-state index contributed by atoms with van der Waals surface area (Å²) in [6, 6.07) is 0. The molecule has 0 bridgehead atoms. The normalized spacial score (nSPS) is 19.2. The van der Waals surface area contributed by atoms with Crippen molar-refractivity contribution in [2.45, 2.75) is 31.2 Å². The first-order valence-electron chi connectivity index (χ1n) is 5.90. The fourth-order valence-corrected chi connectivity index (χ4v) is 2.21. The van der Waals surface area contributed by atoms with Gasteiger partial charge in [-0.15, -0.1) is 11.6 Å². The highest BCUT2D eigenvalue weighted by molar-refractivity contribution is 6.17. The molecule has 1 aromatic heterocycles. The molecule has 0 N–H and O–H groups in total. The van der Waals surface area contributed by atoms with Gasteiger partial charge in [0.25, 0.3) is 0 Å². The fraction of sp³-hybridized carbons (Fsp3) is 0.667. The minimum Gasteiger partial charge on any atom is -0.381 e. The molecule has 0 saturated carbocycles. The predicted octanol–water partition coefficient (Wildman–Crippen LogP) is 2.26. The highest BCUT2D eigenvalue weighted by Crippen LogP contribution is 2.33. The highest BCUT2D eigenvalue weighted by Gasteiger charge is 2.37. The van der Waals surface area contributed by atoms with Crippen LogP contribution in [0.5, 0.6) is 0 Å². The first-order chi connectivity index (χ1) is 8.30. The quantitative estimate of drug-likeness (QED) is 0.775. The van der Waals surface area contributed by atoms with E-state index >= 15 is 0 Å². The molecule has 1 aliphatic heterocycles. The van der Waals surface area contributed by atoms with Crippen molar-refractivity contribution < 1.29 is 9.47 Å². The number of hydrogen-bond donors (Lipinski definition) is 0.